The SMILES string of the molecule is COCCNCc1nnc(NC2CCC(SC)CC2)o1. The van der Waals surface area contributed by atoms with E-state index in [1.54, 1.807) is 7.11 Å². The summed E-state index contributed by atoms with van der Waals surface area (Å²) >= 11 is 1.97. The maximum absolute atomic E-state index is 5.58. The van der Waals surface area contributed by atoms with Crippen molar-refractivity contribution < 1.29 is 9.15 Å². The molecule has 0 saturated heterocycles. The summed E-state index contributed by atoms with van der Waals surface area (Å²) in [5, 5.41) is 15.4. The summed E-state index contributed by atoms with van der Waals surface area (Å²) in [6.07, 6.45) is 7.07. The zero-order chi connectivity index (χ0) is 14.2. The van der Waals surface area contributed by atoms with Crippen molar-refractivity contribution in [3.8, 4) is 0 Å². The van der Waals surface area contributed by atoms with E-state index in [1.165, 1.54) is 25.7 Å². The molecule has 0 radical (unpaired) electrons. The van der Waals surface area contributed by atoms with Crippen LogP contribution in [-0.4, -0.2) is 48.0 Å². The third-order valence-electron chi connectivity index (χ3n) is 3.56. The van der Waals surface area contributed by atoms with Crippen LogP contribution in [-0.2, 0) is 11.3 Å². The summed E-state index contributed by atoms with van der Waals surface area (Å²) in [7, 11) is 1.68. The van der Waals surface area contributed by atoms with E-state index >= 15 is 0 Å². The Hall–Kier alpha value is -0.790. The molecule has 1 aliphatic carbocycles. The lowest BCUT2D eigenvalue weighted by Crippen LogP contribution is -2.27. The smallest absolute Gasteiger partial charge is 0.315 e. The molecule has 7 heteroatoms. The Morgan fingerprint density at radius 3 is 2.80 bits per heavy atom. The van der Waals surface area contributed by atoms with Gasteiger partial charge in [-0.05, 0) is 31.9 Å². The highest BCUT2D eigenvalue weighted by molar-refractivity contribution is 7.99. The molecule has 2 rings (SSSR count). The van der Waals surface area contributed by atoms with Crippen LogP contribution in [0.25, 0.3) is 0 Å². The number of rotatable bonds is 8. The molecule has 0 unspecified atom stereocenters. The number of ether oxygens (including phenoxy) is 1. The number of anilines is 1. The molecule has 0 spiro atoms. The summed E-state index contributed by atoms with van der Waals surface area (Å²) in [5.41, 5.74) is 0. The van der Waals surface area contributed by atoms with Crippen LogP contribution < -0.4 is 10.6 Å². The average Bonchev–Trinajstić information content (AvgIpc) is 2.92. The predicted octanol–water partition coefficient (Wildman–Crippen LogP) is 1.89. The van der Waals surface area contributed by atoms with Gasteiger partial charge in [0.15, 0.2) is 0 Å². The summed E-state index contributed by atoms with van der Waals surface area (Å²) in [6, 6.07) is 1.01. The van der Waals surface area contributed by atoms with Crippen LogP contribution in [0.3, 0.4) is 0 Å². The Balaban J connectivity index is 1.70. The first-order chi connectivity index (χ1) is 9.81. The predicted molar refractivity (Wildman–Crippen MR) is 81.1 cm³/mol. The molecule has 114 valence electrons. The number of nitrogens with one attached hydrogen (secondary N) is 2. The Bertz CT molecular complexity index is 380. The second-order valence-corrected chi connectivity index (χ2v) is 6.16. The van der Waals surface area contributed by atoms with E-state index in [4.69, 9.17) is 9.15 Å². The van der Waals surface area contributed by atoms with Gasteiger partial charge in [-0.1, -0.05) is 5.10 Å². The largest absolute Gasteiger partial charge is 0.407 e. The second kappa shape index (κ2) is 8.49. The van der Waals surface area contributed by atoms with Gasteiger partial charge in [-0.15, -0.1) is 5.10 Å². The Morgan fingerprint density at radius 2 is 2.10 bits per heavy atom. The molecule has 1 saturated carbocycles. The molecule has 6 nitrogen and oxygen atoms in total. The summed E-state index contributed by atoms with van der Waals surface area (Å²) in [4.78, 5) is 0. The minimum absolute atomic E-state index is 0.466. The standard InChI is InChI=1S/C13H24N4O2S/c1-18-8-7-14-9-12-16-17-13(19-12)15-10-3-5-11(20-2)6-4-10/h10-11,14H,3-9H2,1-2H3,(H,15,17). The summed E-state index contributed by atoms with van der Waals surface area (Å²) < 4.78 is 10.5. The third-order valence-corrected chi connectivity index (χ3v) is 4.70. The molecule has 1 aromatic heterocycles. The molecule has 1 heterocycles. The van der Waals surface area contributed by atoms with Gasteiger partial charge >= 0.3 is 6.01 Å². The van der Waals surface area contributed by atoms with E-state index in [2.05, 4.69) is 27.1 Å². The summed E-state index contributed by atoms with van der Waals surface area (Å²) in [5.74, 6) is 0.612. The van der Waals surface area contributed by atoms with Gasteiger partial charge in [0.25, 0.3) is 0 Å². The number of methoxy groups -OCH3 is 1. The molecule has 0 amide bonds. The molecule has 1 aliphatic rings. The molecule has 1 aromatic rings. The minimum Gasteiger partial charge on any atom is -0.407 e. The molecule has 0 atom stereocenters. The van der Waals surface area contributed by atoms with Gasteiger partial charge in [-0.2, -0.15) is 11.8 Å². The van der Waals surface area contributed by atoms with E-state index in [9.17, 15) is 0 Å². The van der Waals surface area contributed by atoms with Crippen molar-refractivity contribution in [2.45, 2.75) is 43.5 Å². The first kappa shape index (κ1) is 15.6. The lowest BCUT2D eigenvalue weighted by atomic mass is 9.95. The molecule has 2 N–H and O–H groups in total. The number of thioether (sulfide) groups is 1. The second-order valence-electron chi connectivity index (χ2n) is 5.02. The van der Waals surface area contributed by atoms with Crippen LogP contribution in [0.4, 0.5) is 6.01 Å². The maximum Gasteiger partial charge on any atom is 0.315 e. The lowest BCUT2D eigenvalue weighted by molar-refractivity contribution is 0.198. The number of hydrogen-bond acceptors (Lipinski definition) is 7. The molecular formula is C13H24N4O2S. The van der Waals surface area contributed by atoms with Gasteiger partial charge in [0, 0.05) is 24.9 Å². The monoisotopic (exact) mass is 300 g/mol. The Labute approximate surface area is 124 Å². The van der Waals surface area contributed by atoms with E-state index in [1.807, 2.05) is 11.8 Å². The van der Waals surface area contributed by atoms with Gasteiger partial charge < -0.3 is 19.8 Å². The molecule has 1 fully saturated rings. The van der Waals surface area contributed by atoms with Crippen molar-refractivity contribution in [1.82, 2.24) is 15.5 Å². The Morgan fingerprint density at radius 1 is 1.30 bits per heavy atom. The van der Waals surface area contributed by atoms with Crippen molar-refractivity contribution in [1.29, 1.82) is 0 Å². The third kappa shape index (κ3) is 4.96. The Kier molecular flexibility index (Phi) is 6.62. The average molecular weight is 300 g/mol. The highest BCUT2D eigenvalue weighted by Crippen LogP contribution is 2.28. The highest BCUT2D eigenvalue weighted by Gasteiger charge is 2.21. The molecule has 0 aliphatic heterocycles. The minimum atomic E-state index is 0.466. The van der Waals surface area contributed by atoms with Crippen molar-refractivity contribution in [2.75, 3.05) is 31.8 Å². The number of nitrogens with zero attached hydrogens (tertiary/aromatic N) is 2. The van der Waals surface area contributed by atoms with Crippen LogP contribution in [0.2, 0.25) is 0 Å². The fourth-order valence-corrected chi connectivity index (χ4v) is 3.11. The fraction of sp³-hybridized carbons (Fsp3) is 0.846. The lowest BCUT2D eigenvalue weighted by Gasteiger charge is -2.27. The zero-order valence-corrected chi connectivity index (χ0v) is 13.0. The number of hydrogen-bond donors (Lipinski definition) is 2. The van der Waals surface area contributed by atoms with Gasteiger partial charge in [0.1, 0.15) is 0 Å². The quantitative estimate of drug-likeness (QED) is 0.710. The van der Waals surface area contributed by atoms with Crippen molar-refractivity contribution >= 4 is 17.8 Å². The molecular weight excluding hydrogens is 276 g/mol. The van der Waals surface area contributed by atoms with Crippen LogP contribution in [0.5, 0.6) is 0 Å². The van der Waals surface area contributed by atoms with Crippen molar-refractivity contribution in [3.05, 3.63) is 5.89 Å². The zero-order valence-electron chi connectivity index (χ0n) is 12.2. The van der Waals surface area contributed by atoms with E-state index in [0.717, 1.165) is 11.8 Å². The van der Waals surface area contributed by atoms with E-state index in [-0.39, 0.29) is 0 Å². The van der Waals surface area contributed by atoms with E-state index in [0.29, 0.717) is 31.1 Å². The van der Waals surface area contributed by atoms with E-state index < -0.39 is 0 Å². The van der Waals surface area contributed by atoms with Crippen LogP contribution in [0.1, 0.15) is 31.6 Å². The first-order valence-corrected chi connectivity index (χ1v) is 8.42. The molecule has 0 bridgehead atoms. The normalized spacial score (nSPS) is 22.9. The summed E-state index contributed by atoms with van der Waals surface area (Å²) in [6.45, 7) is 2.04. The van der Waals surface area contributed by atoms with Crippen molar-refractivity contribution in [2.24, 2.45) is 0 Å². The molecule has 0 aromatic carbocycles. The van der Waals surface area contributed by atoms with Crippen LogP contribution in [0.15, 0.2) is 4.42 Å². The van der Waals surface area contributed by atoms with Crippen LogP contribution in [0, 0.1) is 0 Å². The van der Waals surface area contributed by atoms with Gasteiger partial charge in [-0.25, -0.2) is 0 Å². The van der Waals surface area contributed by atoms with Crippen LogP contribution >= 0.6 is 11.8 Å². The van der Waals surface area contributed by atoms with Gasteiger partial charge in [0.2, 0.25) is 5.89 Å². The van der Waals surface area contributed by atoms with Gasteiger partial charge in [0.05, 0.1) is 13.2 Å². The maximum atomic E-state index is 5.58. The highest BCUT2D eigenvalue weighted by atomic mass is 32.2. The molecule has 20 heavy (non-hydrogen) atoms. The fourth-order valence-electron chi connectivity index (χ4n) is 2.37. The van der Waals surface area contributed by atoms with Gasteiger partial charge in [-0.3, -0.25) is 0 Å². The first-order valence-electron chi connectivity index (χ1n) is 7.13. The van der Waals surface area contributed by atoms with Crippen molar-refractivity contribution in [3.63, 3.8) is 0 Å². The number of aromatic nitrogens is 2. The topological polar surface area (TPSA) is 72.2 Å².